The van der Waals surface area contributed by atoms with Crippen LogP contribution >= 0.6 is 0 Å². The fourth-order valence-electron chi connectivity index (χ4n) is 4.34. The summed E-state index contributed by atoms with van der Waals surface area (Å²) in [5.41, 5.74) is 2.39. The van der Waals surface area contributed by atoms with E-state index >= 15 is 0 Å². The Balaban J connectivity index is 1.44. The topological polar surface area (TPSA) is 107 Å². The van der Waals surface area contributed by atoms with Gasteiger partial charge in [0.15, 0.2) is 0 Å². The minimum Gasteiger partial charge on any atom is -0.396 e. The van der Waals surface area contributed by atoms with Gasteiger partial charge in [-0.3, -0.25) is 4.79 Å². The summed E-state index contributed by atoms with van der Waals surface area (Å²) in [5, 5.41) is 13.2. The SMILES string of the molecule is O=c1[nH]ccc2nc(N3CCC(CO)CC3)nc(Nc3ccc(N4CCOCC4)cc3)c12. The molecule has 3 aromatic rings. The van der Waals surface area contributed by atoms with Crippen molar-refractivity contribution in [3.8, 4) is 0 Å². The minimum atomic E-state index is -0.222. The Kier molecular flexibility index (Phi) is 5.91. The smallest absolute Gasteiger partial charge is 0.261 e. The van der Waals surface area contributed by atoms with Crippen LogP contribution in [0.4, 0.5) is 23.1 Å². The molecule has 1 aromatic carbocycles. The van der Waals surface area contributed by atoms with Gasteiger partial charge in [-0.2, -0.15) is 4.98 Å². The molecule has 32 heavy (non-hydrogen) atoms. The molecule has 0 atom stereocenters. The highest BCUT2D eigenvalue weighted by Gasteiger charge is 2.22. The summed E-state index contributed by atoms with van der Waals surface area (Å²) in [6.45, 7) is 5.04. The lowest BCUT2D eigenvalue weighted by molar-refractivity contribution is 0.122. The molecule has 0 bridgehead atoms. The van der Waals surface area contributed by atoms with Crippen molar-refractivity contribution < 1.29 is 9.84 Å². The number of hydrogen-bond acceptors (Lipinski definition) is 8. The number of H-pyrrole nitrogens is 1. The summed E-state index contributed by atoms with van der Waals surface area (Å²) in [5.74, 6) is 1.43. The molecule has 168 valence electrons. The number of nitrogens with zero attached hydrogens (tertiary/aromatic N) is 4. The molecule has 9 heteroatoms. The number of hydrogen-bond donors (Lipinski definition) is 3. The molecular formula is C23H28N6O3. The number of aliphatic hydroxyl groups excluding tert-OH is 1. The van der Waals surface area contributed by atoms with E-state index in [1.165, 1.54) is 0 Å². The zero-order chi connectivity index (χ0) is 21.9. The van der Waals surface area contributed by atoms with E-state index in [-0.39, 0.29) is 12.2 Å². The lowest BCUT2D eigenvalue weighted by Gasteiger charge is -2.31. The molecule has 2 aliphatic heterocycles. The molecule has 0 radical (unpaired) electrons. The number of nitrogens with one attached hydrogen (secondary N) is 2. The van der Waals surface area contributed by atoms with Crippen LogP contribution in [0.25, 0.3) is 10.9 Å². The molecule has 3 N–H and O–H groups in total. The van der Waals surface area contributed by atoms with Crippen molar-refractivity contribution in [1.82, 2.24) is 15.0 Å². The summed E-state index contributed by atoms with van der Waals surface area (Å²) in [7, 11) is 0. The van der Waals surface area contributed by atoms with Crippen molar-refractivity contribution in [2.75, 3.05) is 61.1 Å². The van der Waals surface area contributed by atoms with Crippen molar-refractivity contribution in [3.63, 3.8) is 0 Å². The molecule has 5 rings (SSSR count). The third-order valence-electron chi connectivity index (χ3n) is 6.27. The molecular weight excluding hydrogens is 408 g/mol. The first-order chi connectivity index (χ1) is 15.7. The predicted octanol–water partition coefficient (Wildman–Crippen LogP) is 2.11. The van der Waals surface area contributed by atoms with Crippen LogP contribution in [0.1, 0.15) is 12.8 Å². The van der Waals surface area contributed by atoms with E-state index in [0.717, 1.165) is 63.6 Å². The van der Waals surface area contributed by atoms with Crippen molar-refractivity contribution in [1.29, 1.82) is 0 Å². The lowest BCUT2D eigenvalue weighted by atomic mass is 9.98. The first-order valence-corrected chi connectivity index (χ1v) is 11.2. The summed E-state index contributed by atoms with van der Waals surface area (Å²) < 4.78 is 5.43. The van der Waals surface area contributed by atoms with E-state index in [1.807, 2.05) is 12.1 Å². The highest BCUT2D eigenvalue weighted by Crippen LogP contribution is 2.27. The van der Waals surface area contributed by atoms with Gasteiger partial charge in [-0.05, 0) is 49.1 Å². The molecule has 0 spiro atoms. The number of aliphatic hydroxyl groups is 1. The van der Waals surface area contributed by atoms with E-state index in [2.05, 4.69) is 37.2 Å². The summed E-state index contributed by atoms with van der Waals surface area (Å²) in [4.78, 5) is 29.1. The molecule has 0 aliphatic carbocycles. The molecule has 9 nitrogen and oxygen atoms in total. The molecule has 0 amide bonds. The van der Waals surface area contributed by atoms with Gasteiger partial charge in [0.25, 0.3) is 5.56 Å². The highest BCUT2D eigenvalue weighted by atomic mass is 16.5. The lowest BCUT2D eigenvalue weighted by Crippen LogP contribution is -2.36. The maximum absolute atomic E-state index is 12.6. The van der Waals surface area contributed by atoms with Crippen molar-refractivity contribution in [2.45, 2.75) is 12.8 Å². The highest BCUT2D eigenvalue weighted by molar-refractivity contribution is 5.91. The minimum absolute atomic E-state index is 0.217. The molecule has 4 heterocycles. The zero-order valence-electron chi connectivity index (χ0n) is 18.0. The number of pyridine rings is 1. The van der Waals surface area contributed by atoms with Crippen LogP contribution in [0.5, 0.6) is 0 Å². The van der Waals surface area contributed by atoms with E-state index in [1.54, 1.807) is 12.3 Å². The van der Waals surface area contributed by atoms with Gasteiger partial charge >= 0.3 is 0 Å². The fraction of sp³-hybridized carbons (Fsp3) is 0.435. The molecule has 0 saturated carbocycles. The fourth-order valence-corrected chi connectivity index (χ4v) is 4.34. The number of ether oxygens (including phenoxy) is 1. The molecule has 2 fully saturated rings. The van der Waals surface area contributed by atoms with Crippen LogP contribution in [0.15, 0.2) is 41.3 Å². The average molecular weight is 437 g/mol. The van der Waals surface area contributed by atoms with Crippen LogP contribution in [0.2, 0.25) is 0 Å². The van der Waals surface area contributed by atoms with E-state index in [0.29, 0.717) is 28.6 Å². The molecule has 0 unspecified atom stereocenters. The second-order valence-corrected chi connectivity index (χ2v) is 8.32. The van der Waals surface area contributed by atoms with Crippen molar-refractivity contribution >= 4 is 34.0 Å². The number of piperidine rings is 1. The quantitative estimate of drug-likeness (QED) is 0.558. The largest absolute Gasteiger partial charge is 0.396 e. The van der Waals surface area contributed by atoms with E-state index < -0.39 is 0 Å². The number of morpholine rings is 1. The second kappa shape index (κ2) is 9.13. The Morgan fingerprint density at radius 2 is 1.78 bits per heavy atom. The normalized spacial score (nSPS) is 17.7. The van der Waals surface area contributed by atoms with Crippen LogP contribution in [-0.2, 0) is 4.74 Å². The van der Waals surface area contributed by atoms with Gasteiger partial charge in [-0.15, -0.1) is 0 Å². The number of rotatable bonds is 5. The maximum Gasteiger partial charge on any atom is 0.261 e. The van der Waals surface area contributed by atoms with Crippen LogP contribution in [0, 0.1) is 5.92 Å². The van der Waals surface area contributed by atoms with E-state index in [9.17, 15) is 9.90 Å². The van der Waals surface area contributed by atoms with Gasteiger partial charge in [0.05, 0.1) is 18.7 Å². The Bertz CT molecular complexity index is 1120. The molecule has 2 aliphatic rings. The summed E-state index contributed by atoms with van der Waals surface area (Å²) in [6, 6.07) is 9.95. The van der Waals surface area contributed by atoms with Crippen LogP contribution in [-0.4, -0.2) is 66.1 Å². The standard InChI is InChI=1S/C23H28N6O3/c30-15-16-6-9-29(10-7-16)23-26-19-5-8-24-22(31)20(19)21(27-23)25-17-1-3-18(4-2-17)28-11-13-32-14-12-28/h1-5,8,16,30H,6-7,9-15H2,(H,24,31)(H,25,26,27). The van der Waals surface area contributed by atoms with Gasteiger partial charge < -0.3 is 29.9 Å². The predicted molar refractivity (Wildman–Crippen MR) is 125 cm³/mol. The first kappa shape index (κ1) is 20.7. The number of aromatic nitrogens is 3. The number of anilines is 4. The Morgan fingerprint density at radius 1 is 1.03 bits per heavy atom. The van der Waals surface area contributed by atoms with Crippen molar-refractivity contribution in [2.24, 2.45) is 5.92 Å². The van der Waals surface area contributed by atoms with Gasteiger partial charge in [0.2, 0.25) is 5.95 Å². The van der Waals surface area contributed by atoms with Gasteiger partial charge in [-0.1, -0.05) is 0 Å². The first-order valence-electron chi connectivity index (χ1n) is 11.2. The summed E-state index contributed by atoms with van der Waals surface area (Å²) >= 11 is 0. The third kappa shape index (κ3) is 4.26. The molecule has 2 saturated heterocycles. The van der Waals surface area contributed by atoms with Gasteiger partial charge in [0, 0.05) is 50.4 Å². The summed E-state index contributed by atoms with van der Waals surface area (Å²) in [6.07, 6.45) is 3.42. The van der Waals surface area contributed by atoms with Crippen LogP contribution in [0.3, 0.4) is 0 Å². The average Bonchev–Trinajstić information content (AvgIpc) is 2.85. The van der Waals surface area contributed by atoms with Gasteiger partial charge in [-0.25, -0.2) is 4.98 Å². The number of fused-ring (bicyclic) bond motifs is 1. The Morgan fingerprint density at radius 3 is 2.50 bits per heavy atom. The van der Waals surface area contributed by atoms with Crippen molar-refractivity contribution in [3.05, 3.63) is 46.9 Å². The Labute approximate surface area is 186 Å². The van der Waals surface area contributed by atoms with Gasteiger partial charge in [0.1, 0.15) is 11.2 Å². The second-order valence-electron chi connectivity index (χ2n) is 8.32. The number of aromatic amines is 1. The number of benzene rings is 1. The Hall–Kier alpha value is -3.17. The molecule has 2 aromatic heterocycles. The van der Waals surface area contributed by atoms with Crippen LogP contribution < -0.4 is 20.7 Å². The monoisotopic (exact) mass is 436 g/mol. The van der Waals surface area contributed by atoms with E-state index in [4.69, 9.17) is 9.72 Å². The maximum atomic E-state index is 12.6. The third-order valence-corrected chi connectivity index (χ3v) is 6.27. The zero-order valence-corrected chi connectivity index (χ0v) is 18.0.